The van der Waals surface area contributed by atoms with Crippen molar-refractivity contribution in [3.8, 4) is 5.75 Å². The molecule has 0 aliphatic rings. The first-order valence-corrected chi connectivity index (χ1v) is 7.70. The van der Waals surface area contributed by atoms with E-state index in [9.17, 15) is 0 Å². The summed E-state index contributed by atoms with van der Waals surface area (Å²) in [4.78, 5) is 1.18. The number of hydrogen-bond acceptors (Lipinski definition) is 3. The quantitative estimate of drug-likeness (QED) is 0.823. The van der Waals surface area contributed by atoms with Gasteiger partial charge in [0.1, 0.15) is 11.9 Å². The molecule has 0 fully saturated rings. The highest BCUT2D eigenvalue weighted by Gasteiger charge is 2.12. The first-order valence-electron chi connectivity index (χ1n) is 6.82. The van der Waals surface area contributed by atoms with Crippen LogP contribution in [-0.2, 0) is 6.42 Å². The van der Waals surface area contributed by atoms with Crippen LogP contribution < -0.4 is 10.5 Å². The van der Waals surface area contributed by atoms with Crippen molar-refractivity contribution in [3.05, 3.63) is 52.2 Å². The van der Waals surface area contributed by atoms with Crippen molar-refractivity contribution in [2.24, 2.45) is 5.73 Å². The standard InChI is InChI=1S/C16H21NOS/c1-2-3-5-13-7-9-14(10-8-13)18-15(12-17)16-6-4-11-19-16/h4,6-11,15H,2-3,5,12,17H2,1H3. The minimum absolute atomic E-state index is 0.0403. The summed E-state index contributed by atoms with van der Waals surface area (Å²) in [6.07, 6.45) is 3.57. The molecule has 2 nitrogen and oxygen atoms in total. The Morgan fingerprint density at radius 3 is 2.58 bits per heavy atom. The van der Waals surface area contributed by atoms with Crippen LogP contribution in [0.25, 0.3) is 0 Å². The Bertz CT molecular complexity index is 464. The van der Waals surface area contributed by atoms with Crippen LogP contribution in [0.3, 0.4) is 0 Å². The average Bonchev–Trinajstić information content (AvgIpc) is 2.98. The SMILES string of the molecule is CCCCc1ccc(OC(CN)c2cccs2)cc1. The maximum atomic E-state index is 5.95. The van der Waals surface area contributed by atoms with Crippen LogP contribution in [0.1, 0.15) is 36.3 Å². The summed E-state index contributed by atoms with van der Waals surface area (Å²) in [7, 11) is 0. The second-order valence-electron chi connectivity index (χ2n) is 4.61. The second kappa shape index (κ2) is 7.31. The largest absolute Gasteiger partial charge is 0.484 e. The molecular formula is C16H21NOS. The number of rotatable bonds is 7. The highest BCUT2D eigenvalue weighted by atomic mass is 32.1. The normalized spacial score (nSPS) is 12.3. The van der Waals surface area contributed by atoms with Gasteiger partial charge in [-0.2, -0.15) is 0 Å². The Balaban J connectivity index is 1.98. The van der Waals surface area contributed by atoms with Crippen LogP contribution in [0.2, 0.25) is 0 Å². The molecule has 2 N–H and O–H groups in total. The number of ether oxygens (including phenoxy) is 1. The summed E-state index contributed by atoms with van der Waals surface area (Å²) < 4.78 is 5.95. The molecule has 0 spiro atoms. The summed E-state index contributed by atoms with van der Waals surface area (Å²) in [6.45, 7) is 2.71. The molecule has 0 saturated carbocycles. The molecule has 0 radical (unpaired) electrons. The summed E-state index contributed by atoms with van der Waals surface area (Å²) in [6, 6.07) is 12.5. The third kappa shape index (κ3) is 4.08. The van der Waals surface area contributed by atoms with E-state index in [1.54, 1.807) is 11.3 Å². The number of benzene rings is 1. The zero-order chi connectivity index (χ0) is 13.5. The molecule has 1 aromatic heterocycles. The van der Waals surface area contributed by atoms with E-state index in [4.69, 9.17) is 10.5 Å². The third-order valence-electron chi connectivity index (χ3n) is 3.10. The average molecular weight is 275 g/mol. The van der Waals surface area contributed by atoms with Crippen molar-refractivity contribution in [3.63, 3.8) is 0 Å². The van der Waals surface area contributed by atoms with Gasteiger partial charge in [-0.1, -0.05) is 31.5 Å². The molecular weight excluding hydrogens is 254 g/mol. The number of aryl methyl sites for hydroxylation is 1. The minimum atomic E-state index is -0.0403. The fraction of sp³-hybridized carbons (Fsp3) is 0.375. The maximum Gasteiger partial charge on any atom is 0.145 e. The molecule has 102 valence electrons. The van der Waals surface area contributed by atoms with E-state index in [1.807, 2.05) is 18.2 Å². The summed E-state index contributed by atoms with van der Waals surface area (Å²) in [5.74, 6) is 0.893. The van der Waals surface area contributed by atoms with Gasteiger partial charge in [0.25, 0.3) is 0 Å². The van der Waals surface area contributed by atoms with Crippen LogP contribution >= 0.6 is 11.3 Å². The van der Waals surface area contributed by atoms with E-state index in [2.05, 4.69) is 30.5 Å². The van der Waals surface area contributed by atoms with Crippen molar-refractivity contribution in [2.75, 3.05) is 6.54 Å². The molecule has 0 saturated heterocycles. The lowest BCUT2D eigenvalue weighted by molar-refractivity contribution is 0.218. The molecule has 1 aromatic carbocycles. The summed E-state index contributed by atoms with van der Waals surface area (Å²) >= 11 is 1.68. The Morgan fingerprint density at radius 1 is 1.21 bits per heavy atom. The molecule has 1 heterocycles. The Labute approximate surface area is 119 Å². The minimum Gasteiger partial charge on any atom is -0.484 e. The van der Waals surface area contributed by atoms with Gasteiger partial charge in [-0.05, 0) is 42.0 Å². The van der Waals surface area contributed by atoms with Crippen LogP contribution in [0.15, 0.2) is 41.8 Å². The molecule has 2 aromatic rings. The first kappa shape index (κ1) is 14.1. The number of hydrogen-bond donors (Lipinski definition) is 1. The number of nitrogens with two attached hydrogens (primary N) is 1. The van der Waals surface area contributed by atoms with E-state index in [0.717, 1.165) is 12.2 Å². The van der Waals surface area contributed by atoms with Gasteiger partial charge in [0.15, 0.2) is 0 Å². The molecule has 1 atom stereocenters. The van der Waals surface area contributed by atoms with Crippen molar-refractivity contribution in [2.45, 2.75) is 32.3 Å². The molecule has 19 heavy (non-hydrogen) atoms. The van der Waals surface area contributed by atoms with Crippen molar-refractivity contribution < 1.29 is 4.74 Å². The van der Waals surface area contributed by atoms with Gasteiger partial charge in [0.2, 0.25) is 0 Å². The Kier molecular flexibility index (Phi) is 5.43. The molecule has 0 aliphatic carbocycles. The van der Waals surface area contributed by atoms with E-state index in [0.29, 0.717) is 6.54 Å². The van der Waals surface area contributed by atoms with Gasteiger partial charge < -0.3 is 10.5 Å². The monoisotopic (exact) mass is 275 g/mol. The van der Waals surface area contributed by atoms with Crippen molar-refractivity contribution >= 4 is 11.3 Å². The van der Waals surface area contributed by atoms with E-state index in [1.165, 1.54) is 23.3 Å². The lowest BCUT2D eigenvalue weighted by Crippen LogP contribution is -2.17. The zero-order valence-corrected chi connectivity index (χ0v) is 12.2. The van der Waals surface area contributed by atoms with E-state index in [-0.39, 0.29) is 6.10 Å². The highest BCUT2D eigenvalue weighted by molar-refractivity contribution is 7.10. The van der Waals surface area contributed by atoms with Gasteiger partial charge in [0.05, 0.1) is 0 Å². The number of thiophene rings is 1. The van der Waals surface area contributed by atoms with Crippen molar-refractivity contribution in [1.82, 2.24) is 0 Å². The lowest BCUT2D eigenvalue weighted by atomic mass is 10.1. The molecule has 2 rings (SSSR count). The van der Waals surface area contributed by atoms with Gasteiger partial charge in [-0.25, -0.2) is 0 Å². The van der Waals surface area contributed by atoms with Gasteiger partial charge in [-0.15, -0.1) is 11.3 Å². The molecule has 3 heteroatoms. The van der Waals surface area contributed by atoms with Crippen LogP contribution in [-0.4, -0.2) is 6.54 Å². The second-order valence-corrected chi connectivity index (χ2v) is 5.58. The van der Waals surface area contributed by atoms with Crippen LogP contribution in [0.5, 0.6) is 5.75 Å². The first-order chi connectivity index (χ1) is 9.33. The fourth-order valence-electron chi connectivity index (χ4n) is 1.98. The predicted molar refractivity (Wildman–Crippen MR) is 81.8 cm³/mol. The van der Waals surface area contributed by atoms with Crippen LogP contribution in [0, 0.1) is 0 Å². The Morgan fingerprint density at radius 2 is 2.00 bits per heavy atom. The highest BCUT2D eigenvalue weighted by Crippen LogP contribution is 2.25. The zero-order valence-electron chi connectivity index (χ0n) is 11.3. The van der Waals surface area contributed by atoms with E-state index < -0.39 is 0 Å². The third-order valence-corrected chi connectivity index (χ3v) is 4.06. The topological polar surface area (TPSA) is 35.2 Å². The molecule has 1 unspecified atom stereocenters. The molecule has 0 amide bonds. The predicted octanol–water partition coefficient (Wildman–Crippen LogP) is 4.17. The summed E-state index contributed by atoms with van der Waals surface area (Å²) in [5.41, 5.74) is 7.16. The van der Waals surface area contributed by atoms with Gasteiger partial charge >= 0.3 is 0 Å². The van der Waals surface area contributed by atoms with E-state index >= 15 is 0 Å². The Hall–Kier alpha value is -1.32. The molecule has 0 aliphatic heterocycles. The molecule has 0 bridgehead atoms. The fourth-order valence-corrected chi connectivity index (χ4v) is 2.74. The lowest BCUT2D eigenvalue weighted by Gasteiger charge is -2.16. The van der Waals surface area contributed by atoms with Crippen LogP contribution in [0.4, 0.5) is 0 Å². The van der Waals surface area contributed by atoms with Gasteiger partial charge in [0, 0.05) is 11.4 Å². The van der Waals surface area contributed by atoms with Gasteiger partial charge in [-0.3, -0.25) is 0 Å². The number of unbranched alkanes of at least 4 members (excludes halogenated alkanes) is 1. The smallest absolute Gasteiger partial charge is 0.145 e. The van der Waals surface area contributed by atoms with Crippen molar-refractivity contribution in [1.29, 1.82) is 0 Å². The summed E-state index contributed by atoms with van der Waals surface area (Å²) in [5, 5.41) is 2.05. The maximum absolute atomic E-state index is 5.95.